The lowest BCUT2D eigenvalue weighted by Crippen LogP contribution is -2.59. The summed E-state index contributed by atoms with van der Waals surface area (Å²) in [6.07, 6.45) is -19.0. The topological polar surface area (TPSA) is 282 Å². The number of carbonyl (C=O) groups excluding carboxylic acids is 4. The predicted molar refractivity (Wildman–Crippen MR) is 239 cm³/mol. The fraction of sp³-hybridized carbons (Fsp3) is 0.917. The molecule has 4 fully saturated rings. The molecule has 4 saturated heterocycles. The lowest BCUT2D eigenvalue weighted by molar-refractivity contribution is -0.305. The van der Waals surface area contributed by atoms with Gasteiger partial charge < -0.3 is 78.0 Å². The van der Waals surface area contributed by atoms with Gasteiger partial charge in [-0.05, 0) is 59.8 Å². The van der Waals surface area contributed by atoms with Crippen molar-refractivity contribution in [3.8, 4) is 0 Å². The zero-order valence-electron chi connectivity index (χ0n) is 42.5. The molecular weight excluding hydrogens is 897 g/mol. The van der Waals surface area contributed by atoms with Gasteiger partial charge in [-0.2, -0.15) is 0 Å². The van der Waals surface area contributed by atoms with Crippen molar-refractivity contribution < 1.29 is 97.2 Å². The van der Waals surface area contributed by atoms with Crippen LogP contribution in [0.4, 0.5) is 0 Å². The van der Waals surface area contributed by atoms with Crippen LogP contribution in [0, 0.1) is 41.4 Å². The van der Waals surface area contributed by atoms with E-state index in [1.807, 2.05) is 0 Å². The average Bonchev–Trinajstić information content (AvgIpc) is 3.26. The minimum atomic E-state index is -2.16. The van der Waals surface area contributed by atoms with E-state index in [1.54, 1.807) is 69.2 Å². The van der Waals surface area contributed by atoms with Gasteiger partial charge in [-0.15, -0.1) is 0 Å². The van der Waals surface area contributed by atoms with Crippen molar-refractivity contribution >= 4 is 23.5 Å². The molecule has 0 radical (unpaired) electrons. The molecule has 0 spiro atoms. The second-order valence-electron chi connectivity index (χ2n) is 20.9. The smallest absolute Gasteiger partial charge is 0.335 e. The largest absolute Gasteiger partial charge is 0.461 e. The predicted octanol–water partition coefficient (Wildman–Crippen LogP) is 1.60. The van der Waals surface area contributed by atoms with E-state index in [-0.39, 0.29) is 25.9 Å². The molecule has 4 aliphatic rings. The second-order valence-corrected chi connectivity index (χ2v) is 20.9. The van der Waals surface area contributed by atoms with Gasteiger partial charge in [-0.25, -0.2) is 4.79 Å². The van der Waals surface area contributed by atoms with Crippen molar-refractivity contribution in [2.24, 2.45) is 41.4 Å². The Bertz CT molecular complexity index is 1670. The van der Waals surface area contributed by atoms with E-state index in [1.165, 1.54) is 35.0 Å². The Hall–Kier alpha value is -2.28. The third-order valence-electron chi connectivity index (χ3n) is 14.5. The normalized spacial score (nSPS) is 45.8. The van der Waals surface area contributed by atoms with Crippen LogP contribution in [-0.4, -0.2) is 184 Å². The van der Waals surface area contributed by atoms with Gasteiger partial charge in [0.1, 0.15) is 42.2 Å². The molecule has 0 saturated carbocycles. The number of hydrogen-bond acceptors (Lipinski definition) is 20. The van der Waals surface area contributed by atoms with Gasteiger partial charge in [-0.1, -0.05) is 48.5 Å². The zero-order chi connectivity index (χ0) is 51.5. The fourth-order valence-corrected chi connectivity index (χ4v) is 10.3. The number of cyclic esters (lactones) is 1. The fourth-order valence-electron chi connectivity index (χ4n) is 10.3. The first-order valence-electron chi connectivity index (χ1n) is 24.1. The van der Waals surface area contributed by atoms with Crippen LogP contribution in [0.25, 0.3) is 0 Å². The summed E-state index contributed by atoms with van der Waals surface area (Å²) in [6.45, 7) is 20.3. The number of carbonyl (C=O) groups is 4. The van der Waals surface area contributed by atoms with Gasteiger partial charge in [0, 0.05) is 44.8 Å². The molecule has 24 atom stereocenters. The summed E-state index contributed by atoms with van der Waals surface area (Å²) in [4.78, 5) is 56.3. The summed E-state index contributed by atoms with van der Waals surface area (Å²) in [5, 5.41) is 67.0. The van der Waals surface area contributed by atoms with Crippen LogP contribution < -0.4 is 0 Å². The second kappa shape index (κ2) is 24.0. The van der Waals surface area contributed by atoms with Crippen LogP contribution in [0.1, 0.15) is 109 Å². The summed E-state index contributed by atoms with van der Waals surface area (Å²) < 4.78 is 61.1. The number of rotatable bonds is 13. The molecule has 20 heteroatoms. The lowest BCUT2D eigenvalue weighted by Gasteiger charge is -2.46. The average molecular weight is 979 g/mol. The Labute approximate surface area is 400 Å². The number of aliphatic hydroxyl groups is 6. The summed E-state index contributed by atoms with van der Waals surface area (Å²) in [5.74, 6) is -9.79. The van der Waals surface area contributed by atoms with E-state index in [0.29, 0.717) is 0 Å². The third kappa shape index (κ3) is 13.4. The number of methoxy groups -OCH3 is 2. The highest BCUT2D eigenvalue weighted by molar-refractivity contribution is 5.89. The minimum absolute atomic E-state index is 0.0744. The number of ether oxygens (including phenoxy) is 10. The molecule has 0 aromatic rings. The molecule has 4 aliphatic heterocycles. The molecule has 6 N–H and O–H groups in total. The maximum atomic E-state index is 15.0. The Morgan fingerprint density at radius 1 is 0.750 bits per heavy atom. The molecule has 0 aliphatic carbocycles. The Kier molecular flexibility index (Phi) is 20.5. The zero-order valence-corrected chi connectivity index (χ0v) is 42.5. The lowest BCUT2D eigenvalue weighted by atomic mass is 9.74. The monoisotopic (exact) mass is 979 g/mol. The molecular formula is C48H82O20. The molecule has 0 amide bonds. The van der Waals surface area contributed by atoms with Crippen molar-refractivity contribution in [1.82, 2.24) is 0 Å². The van der Waals surface area contributed by atoms with Crippen molar-refractivity contribution in [2.75, 3.05) is 20.8 Å². The van der Waals surface area contributed by atoms with Crippen LogP contribution in [0.15, 0.2) is 0 Å². The SMILES string of the molecule is CO[C@@H]1[C@H](OC[C@H](C)[C@@H]2OC(=O)[C@@H](C)[C@H](O[C@@H]3C[C@@](C)(O)[C@@H](O)[C@H](C)O3)[C@@H](C)[C@H](O[C@@H]3O[C@@H](C)CC(=O)[C@H]3O)[C@H](C)C[C@@](C)(O)C(=O)[C@H](C)[C@H](OC(=O)[C@H](O)C(C)C)[C@H]2C)O[C@H](C)[C@@H](O)[C@@H]1OC. The molecule has 394 valence electrons. The molecule has 4 heterocycles. The number of ketones is 2. The minimum Gasteiger partial charge on any atom is -0.461 e. The summed E-state index contributed by atoms with van der Waals surface area (Å²) in [5.41, 5.74) is -3.84. The Morgan fingerprint density at radius 3 is 1.94 bits per heavy atom. The van der Waals surface area contributed by atoms with Gasteiger partial charge in [0.25, 0.3) is 0 Å². The highest BCUT2D eigenvalue weighted by Crippen LogP contribution is 2.40. The van der Waals surface area contributed by atoms with Crippen LogP contribution >= 0.6 is 0 Å². The molecule has 0 unspecified atom stereocenters. The first-order chi connectivity index (χ1) is 31.5. The van der Waals surface area contributed by atoms with Gasteiger partial charge in [0.05, 0.1) is 54.6 Å². The molecule has 0 aromatic heterocycles. The van der Waals surface area contributed by atoms with Gasteiger partial charge in [-0.3, -0.25) is 14.4 Å². The quantitative estimate of drug-likeness (QED) is 0.143. The maximum absolute atomic E-state index is 15.0. The van der Waals surface area contributed by atoms with Crippen LogP contribution in [0.2, 0.25) is 0 Å². The summed E-state index contributed by atoms with van der Waals surface area (Å²) in [6, 6.07) is 0. The number of Topliss-reactive ketones (excluding diaryl/α,β-unsaturated/α-hetero) is 2. The number of aliphatic hydroxyl groups excluding tert-OH is 4. The van der Waals surface area contributed by atoms with Crippen LogP contribution in [0.3, 0.4) is 0 Å². The van der Waals surface area contributed by atoms with E-state index in [4.69, 9.17) is 47.4 Å². The molecule has 0 bridgehead atoms. The molecule has 20 nitrogen and oxygen atoms in total. The molecule has 4 rings (SSSR count). The number of hydrogen-bond donors (Lipinski definition) is 6. The Morgan fingerprint density at radius 2 is 1.37 bits per heavy atom. The van der Waals surface area contributed by atoms with E-state index < -0.39 is 174 Å². The van der Waals surface area contributed by atoms with Crippen molar-refractivity contribution in [2.45, 2.75) is 219 Å². The van der Waals surface area contributed by atoms with E-state index in [2.05, 4.69) is 0 Å². The molecule has 0 aromatic carbocycles. The molecule has 68 heavy (non-hydrogen) atoms. The standard InChI is InChI=1S/C48H82O20/c1-20(2)32(50)44(56)67-37-25(7)36(22(4)19-61-46-40(60-15)39(59-14)33(51)28(10)64-46)66-43(55)27(9)38(65-31-18-48(13,58)42(54)29(11)63-31)24(6)35(21(3)17-47(12,57)41(53)26(37)8)68-45-34(52)30(49)16-23(5)62-45/h20-29,31-40,42,45-46,50-52,54,57-58H,16-19H2,1-15H3/t21-,22+,23+,24+,25+,26-,27+,28-,29+,31-,32-,33-,34-,35-,36+,37-,38-,39+,40+,42+,45+,46-,47-,48-/m1/s1. The Balaban J connectivity index is 1.88. The van der Waals surface area contributed by atoms with Gasteiger partial charge in [0.15, 0.2) is 42.6 Å². The van der Waals surface area contributed by atoms with Crippen molar-refractivity contribution in [1.29, 1.82) is 0 Å². The van der Waals surface area contributed by atoms with Crippen molar-refractivity contribution in [3.63, 3.8) is 0 Å². The van der Waals surface area contributed by atoms with E-state index in [9.17, 15) is 49.8 Å². The van der Waals surface area contributed by atoms with E-state index >= 15 is 0 Å². The van der Waals surface area contributed by atoms with Gasteiger partial charge >= 0.3 is 11.9 Å². The highest BCUT2D eigenvalue weighted by atomic mass is 16.7. The van der Waals surface area contributed by atoms with Crippen LogP contribution in [-0.2, 0) is 66.5 Å². The maximum Gasteiger partial charge on any atom is 0.335 e. The van der Waals surface area contributed by atoms with E-state index in [0.717, 1.165) is 0 Å². The highest BCUT2D eigenvalue weighted by Gasteiger charge is 2.52. The summed E-state index contributed by atoms with van der Waals surface area (Å²) in [7, 11) is 2.83. The first-order valence-corrected chi connectivity index (χ1v) is 24.1. The first kappa shape index (κ1) is 58.3. The number of esters is 2. The van der Waals surface area contributed by atoms with Crippen molar-refractivity contribution in [3.05, 3.63) is 0 Å². The van der Waals surface area contributed by atoms with Gasteiger partial charge in [0.2, 0.25) is 0 Å². The third-order valence-corrected chi connectivity index (χ3v) is 14.5. The van der Waals surface area contributed by atoms with Crippen LogP contribution in [0.5, 0.6) is 0 Å². The summed E-state index contributed by atoms with van der Waals surface area (Å²) >= 11 is 0.